The zero-order valence-corrected chi connectivity index (χ0v) is 5.55. The fourth-order valence-electron chi connectivity index (χ4n) is 0.355. The maximum Gasteiger partial charge on any atom is 0.258 e. The zero-order chi connectivity index (χ0) is 5.98. The van der Waals surface area contributed by atoms with Gasteiger partial charge in [-0.15, -0.1) is 5.10 Å². The lowest BCUT2D eigenvalue weighted by molar-refractivity contribution is -0.564. The van der Waals surface area contributed by atoms with E-state index >= 15 is 0 Å². The lowest BCUT2D eigenvalue weighted by Crippen LogP contribution is -2.16. The van der Waals surface area contributed by atoms with Crippen LogP contribution in [0.4, 0.5) is 0 Å². The first-order valence-electron chi connectivity index (χ1n) is 2.05. The van der Waals surface area contributed by atoms with Crippen molar-refractivity contribution in [3.8, 4) is 0 Å². The summed E-state index contributed by atoms with van der Waals surface area (Å²) in [5.74, 6) is 0. The number of rotatable bonds is 0. The van der Waals surface area contributed by atoms with Gasteiger partial charge in [0.1, 0.15) is 0 Å². The van der Waals surface area contributed by atoms with Gasteiger partial charge in [-0.3, -0.25) is 0 Å². The Kier molecular flexibility index (Phi) is 1.43. The number of aromatic nitrogens is 2. The molecule has 0 aliphatic carbocycles. The minimum absolute atomic E-state index is 0.616. The van der Waals surface area contributed by atoms with Gasteiger partial charge in [0.05, 0.1) is 11.1 Å². The smallest absolute Gasteiger partial charge is 0.121 e. The molecular formula is C4H4BrN2O+. The Morgan fingerprint density at radius 3 is 2.88 bits per heavy atom. The second-order valence-corrected chi connectivity index (χ2v) is 2.22. The summed E-state index contributed by atoms with van der Waals surface area (Å²) in [5.41, 5.74) is 0. The molecule has 1 aromatic heterocycles. The highest BCUT2D eigenvalue weighted by molar-refractivity contribution is 9.10. The zero-order valence-electron chi connectivity index (χ0n) is 3.97. The predicted octanol–water partition coefficient (Wildman–Crippen LogP) is 0.692. The molecule has 4 heteroatoms. The van der Waals surface area contributed by atoms with Crippen LogP contribution in [0.25, 0.3) is 0 Å². The SMILES string of the molecule is O=[n+]1ccc(Br)c[nH]1. The second-order valence-electron chi connectivity index (χ2n) is 1.30. The highest BCUT2D eigenvalue weighted by atomic mass is 79.9. The number of H-pyrrole nitrogens is 1. The van der Waals surface area contributed by atoms with E-state index in [2.05, 4.69) is 21.0 Å². The van der Waals surface area contributed by atoms with Gasteiger partial charge in [0, 0.05) is 10.5 Å². The molecule has 0 unspecified atom stereocenters. The molecule has 1 heterocycles. The van der Waals surface area contributed by atoms with Crippen molar-refractivity contribution in [3.63, 3.8) is 0 Å². The number of hydrogen-bond donors (Lipinski definition) is 1. The first-order chi connectivity index (χ1) is 3.79. The van der Waals surface area contributed by atoms with Crippen molar-refractivity contribution >= 4 is 15.9 Å². The van der Waals surface area contributed by atoms with Crippen LogP contribution in [0.1, 0.15) is 0 Å². The Labute approximate surface area is 54.1 Å². The standard InChI is InChI=1S/C4H4BrN2O/c5-4-1-2-7(8)6-3-4/h1-3H,(H,6,8)/q+1. The molecule has 0 saturated carbocycles. The minimum Gasteiger partial charge on any atom is -0.121 e. The van der Waals surface area contributed by atoms with Crippen molar-refractivity contribution in [3.05, 3.63) is 27.8 Å². The molecule has 0 amide bonds. The van der Waals surface area contributed by atoms with Crippen LogP contribution in [-0.2, 0) is 0 Å². The van der Waals surface area contributed by atoms with Gasteiger partial charge >= 0.3 is 0 Å². The molecule has 0 atom stereocenters. The van der Waals surface area contributed by atoms with Crippen molar-refractivity contribution in [1.82, 2.24) is 5.10 Å². The van der Waals surface area contributed by atoms with Crippen LogP contribution in [0.15, 0.2) is 22.9 Å². The normalized spacial score (nSPS) is 9.12. The number of hydrogen-bond acceptors (Lipinski definition) is 1. The topological polar surface area (TPSA) is 38.8 Å². The van der Waals surface area contributed by atoms with Crippen molar-refractivity contribution in [1.29, 1.82) is 0 Å². The Morgan fingerprint density at radius 1 is 1.75 bits per heavy atom. The van der Waals surface area contributed by atoms with E-state index in [-0.39, 0.29) is 0 Å². The number of halogens is 1. The van der Waals surface area contributed by atoms with Gasteiger partial charge in [-0.2, -0.15) is 0 Å². The minimum atomic E-state index is 0.616. The van der Waals surface area contributed by atoms with Crippen molar-refractivity contribution in [2.45, 2.75) is 0 Å². The summed E-state index contributed by atoms with van der Waals surface area (Å²) in [6.45, 7) is 0. The number of aromatic amines is 1. The summed E-state index contributed by atoms with van der Waals surface area (Å²) in [6, 6.07) is 1.66. The van der Waals surface area contributed by atoms with Crippen LogP contribution in [0.2, 0.25) is 0 Å². The monoisotopic (exact) mass is 175 g/mol. The first-order valence-corrected chi connectivity index (χ1v) is 2.85. The average Bonchev–Trinajstić information content (AvgIpc) is 1.77. The van der Waals surface area contributed by atoms with Gasteiger partial charge in [-0.05, 0) is 15.9 Å². The molecule has 0 aromatic carbocycles. The largest absolute Gasteiger partial charge is 0.258 e. The molecule has 0 radical (unpaired) electrons. The molecule has 1 N–H and O–H groups in total. The molecule has 0 bridgehead atoms. The lowest BCUT2D eigenvalue weighted by Gasteiger charge is -1.74. The fraction of sp³-hybridized carbons (Fsp3) is 0. The Hall–Kier alpha value is -0.640. The molecular weight excluding hydrogens is 172 g/mol. The maximum absolute atomic E-state index is 10.3. The third kappa shape index (κ3) is 1.16. The van der Waals surface area contributed by atoms with E-state index in [1.54, 1.807) is 12.3 Å². The summed E-state index contributed by atoms with van der Waals surface area (Å²) in [5, 5.41) is 2.41. The first kappa shape index (κ1) is 5.50. The Morgan fingerprint density at radius 2 is 2.50 bits per heavy atom. The van der Waals surface area contributed by atoms with Crippen LogP contribution in [-0.4, -0.2) is 5.10 Å². The molecule has 1 aromatic rings. The van der Waals surface area contributed by atoms with Crippen LogP contribution in [0.5, 0.6) is 0 Å². The van der Waals surface area contributed by atoms with Crippen molar-refractivity contribution < 1.29 is 4.54 Å². The summed E-state index contributed by atoms with van der Waals surface area (Å²) in [6.07, 6.45) is 2.94. The fourth-order valence-corrected chi connectivity index (χ4v) is 0.576. The quantitative estimate of drug-likeness (QED) is 0.580. The highest BCUT2D eigenvalue weighted by Crippen LogP contribution is 2.00. The Balaban J connectivity index is 3.22. The summed E-state index contributed by atoms with van der Waals surface area (Å²) in [4.78, 5) is 10.3. The molecule has 3 nitrogen and oxygen atoms in total. The van der Waals surface area contributed by atoms with Gasteiger partial charge in [0.15, 0.2) is 4.54 Å². The highest BCUT2D eigenvalue weighted by Gasteiger charge is 1.87. The predicted molar refractivity (Wildman–Crippen MR) is 31.9 cm³/mol. The lowest BCUT2D eigenvalue weighted by atomic mass is 10.6. The van der Waals surface area contributed by atoms with Gasteiger partial charge in [0.25, 0.3) is 6.20 Å². The van der Waals surface area contributed by atoms with E-state index < -0.39 is 0 Å². The molecule has 1 rings (SSSR count). The maximum atomic E-state index is 10.3. The molecule has 42 valence electrons. The van der Waals surface area contributed by atoms with Crippen LogP contribution in [0.3, 0.4) is 0 Å². The molecule has 0 aliphatic heterocycles. The van der Waals surface area contributed by atoms with Gasteiger partial charge in [-0.1, -0.05) is 0 Å². The van der Waals surface area contributed by atoms with Crippen LogP contribution < -0.4 is 4.54 Å². The van der Waals surface area contributed by atoms with Crippen molar-refractivity contribution in [2.75, 3.05) is 0 Å². The molecule has 0 aliphatic rings. The molecule has 8 heavy (non-hydrogen) atoms. The summed E-state index contributed by atoms with van der Waals surface area (Å²) < 4.78 is 1.48. The van der Waals surface area contributed by atoms with E-state index in [1.165, 1.54) is 6.20 Å². The van der Waals surface area contributed by atoms with Gasteiger partial charge in [0.2, 0.25) is 0 Å². The number of nitrogens with zero attached hydrogens (tertiary/aromatic N) is 1. The third-order valence-electron chi connectivity index (χ3n) is 0.699. The average molecular weight is 176 g/mol. The van der Waals surface area contributed by atoms with E-state index in [4.69, 9.17) is 0 Å². The summed E-state index contributed by atoms with van der Waals surface area (Å²) in [7, 11) is 0. The van der Waals surface area contributed by atoms with Crippen molar-refractivity contribution in [2.24, 2.45) is 0 Å². The second kappa shape index (κ2) is 2.09. The molecule has 0 saturated heterocycles. The van der Waals surface area contributed by atoms with Crippen LogP contribution in [0, 0.1) is 4.91 Å². The molecule has 0 fully saturated rings. The third-order valence-corrected chi connectivity index (χ3v) is 1.19. The van der Waals surface area contributed by atoms with E-state index in [0.29, 0.717) is 4.54 Å². The molecule has 0 spiro atoms. The van der Waals surface area contributed by atoms with Gasteiger partial charge in [-0.25, -0.2) is 0 Å². The van der Waals surface area contributed by atoms with Crippen LogP contribution >= 0.6 is 15.9 Å². The summed E-state index contributed by atoms with van der Waals surface area (Å²) >= 11 is 3.16. The Bertz CT molecular complexity index is 211. The number of nitrogens with one attached hydrogen (secondary N) is 1. The van der Waals surface area contributed by atoms with Gasteiger partial charge < -0.3 is 0 Å². The van der Waals surface area contributed by atoms with E-state index in [9.17, 15) is 4.91 Å². The van der Waals surface area contributed by atoms with E-state index in [1.807, 2.05) is 0 Å². The van der Waals surface area contributed by atoms with E-state index in [0.717, 1.165) is 4.47 Å².